The largest absolute Gasteiger partial charge is 0.378 e. The van der Waals surface area contributed by atoms with E-state index in [9.17, 15) is 10.4 Å². The second-order valence-electron chi connectivity index (χ2n) is 11.4. The monoisotopic (exact) mass is 400 g/mol. The summed E-state index contributed by atoms with van der Waals surface area (Å²) in [6, 6.07) is 0. The molecule has 0 aliphatic carbocycles. The second-order valence-corrected chi connectivity index (χ2v) is 11.4. The van der Waals surface area contributed by atoms with E-state index in [2.05, 4.69) is 55.4 Å². The fourth-order valence-corrected chi connectivity index (χ4v) is 5.30. The first-order chi connectivity index (χ1) is 12.7. The lowest BCUT2D eigenvalue weighted by Crippen LogP contribution is -2.60. The molecule has 28 heavy (non-hydrogen) atoms. The Balaban J connectivity index is 1.67. The van der Waals surface area contributed by atoms with Crippen LogP contribution >= 0.6 is 0 Å². The van der Waals surface area contributed by atoms with Crippen LogP contribution in [-0.4, -0.2) is 68.1 Å². The highest BCUT2D eigenvalue weighted by atomic mass is 16.5. The van der Waals surface area contributed by atoms with Crippen molar-refractivity contribution in [1.29, 1.82) is 0 Å². The fraction of sp³-hybridized carbons (Fsp3) is 1.00. The van der Waals surface area contributed by atoms with Crippen molar-refractivity contribution in [1.82, 2.24) is 10.1 Å². The number of piperidine rings is 2. The maximum Gasteiger partial charge on any atom is 0.0611 e. The molecule has 2 rings (SSSR count). The van der Waals surface area contributed by atoms with Gasteiger partial charge in [0, 0.05) is 35.4 Å². The maximum atomic E-state index is 10.4. The topological polar surface area (TPSA) is 65.4 Å². The zero-order valence-electron chi connectivity index (χ0n) is 19.4. The molecule has 0 aromatic rings. The number of hydroxylamine groups is 4. The Labute approximate surface area is 172 Å². The summed E-state index contributed by atoms with van der Waals surface area (Å²) in [5.41, 5.74) is -1.07. The maximum absolute atomic E-state index is 10.4. The van der Waals surface area contributed by atoms with Gasteiger partial charge in [-0.25, -0.2) is 0 Å². The third-order valence-electron chi connectivity index (χ3n) is 6.45. The van der Waals surface area contributed by atoms with Crippen molar-refractivity contribution in [3.63, 3.8) is 0 Å². The molecule has 0 unspecified atom stereocenters. The Kier molecular flexibility index (Phi) is 7.28. The quantitative estimate of drug-likeness (QED) is 0.608. The molecule has 2 N–H and O–H groups in total. The highest BCUT2D eigenvalue weighted by molar-refractivity contribution is 4.97. The van der Waals surface area contributed by atoms with Crippen LogP contribution in [0, 0.1) is 0 Å². The first kappa shape index (κ1) is 24.0. The lowest BCUT2D eigenvalue weighted by molar-refractivity contribution is -0.262. The van der Waals surface area contributed by atoms with Gasteiger partial charge in [0.1, 0.15) is 0 Å². The van der Waals surface area contributed by atoms with E-state index in [0.29, 0.717) is 0 Å². The van der Waals surface area contributed by atoms with Crippen LogP contribution in [0.4, 0.5) is 0 Å². The van der Waals surface area contributed by atoms with Crippen LogP contribution in [-0.2, 0) is 9.47 Å². The smallest absolute Gasteiger partial charge is 0.0611 e. The molecule has 2 saturated heterocycles. The zero-order chi connectivity index (χ0) is 21.4. The van der Waals surface area contributed by atoms with Crippen LogP contribution in [0.25, 0.3) is 0 Å². The standard InChI is InChI=1S/C22H44N2O4/c1-19(2)13-17(14-20(3,4)23(19)25)27-11-9-10-12-28-18-15-21(5,6)24(26)22(7,8)16-18/h17-18,25-26H,9-16H2,1-8H3. The van der Waals surface area contributed by atoms with Gasteiger partial charge in [-0.2, -0.15) is 10.1 Å². The minimum absolute atomic E-state index is 0.185. The first-order valence-electron chi connectivity index (χ1n) is 10.9. The van der Waals surface area contributed by atoms with Gasteiger partial charge in [0.05, 0.1) is 12.2 Å². The molecule has 0 aromatic heterocycles. The van der Waals surface area contributed by atoms with E-state index >= 15 is 0 Å². The third-order valence-corrected chi connectivity index (χ3v) is 6.45. The number of ether oxygens (including phenoxy) is 2. The van der Waals surface area contributed by atoms with Crippen LogP contribution in [0.1, 0.15) is 93.9 Å². The second kappa shape index (κ2) is 8.48. The van der Waals surface area contributed by atoms with Gasteiger partial charge in [-0.3, -0.25) is 0 Å². The number of rotatable bonds is 7. The summed E-state index contributed by atoms with van der Waals surface area (Å²) in [5, 5.41) is 23.7. The summed E-state index contributed by atoms with van der Waals surface area (Å²) >= 11 is 0. The molecule has 6 nitrogen and oxygen atoms in total. The molecule has 0 spiro atoms. The van der Waals surface area contributed by atoms with Gasteiger partial charge in [-0.05, 0) is 93.9 Å². The molecule has 0 saturated carbocycles. The normalized spacial score (nSPS) is 28.5. The van der Waals surface area contributed by atoms with Gasteiger partial charge in [0.25, 0.3) is 0 Å². The Bertz CT molecular complexity index is 437. The highest BCUT2D eigenvalue weighted by Gasteiger charge is 2.46. The third kappa shape index (κ3) is 5.67. The minimum Gasteiger partial charge on any atom is -0.378 e. The Morgan fingerprint density at radius 2 is 0.857 bits per heavy atom. The SMILES string of the molecule is CC1(C)CC(OCCCCOC2CC(C)(C)N(O)C(C)(C)C2)CC(C)(C)N1O. The highest BCUT2D eigenvalue weighted by Crippen LogP contribution is 2.39. The molecule has 2 fully saturated rings. The number of hydrogen-bond donors (Lipinski definition) is 2. The van der Waals surface area contributed by atoms with E-state index < -0.39 is 0 Å². The molecule has 0 aromatic carbocycles. The minimum atomic E-state index is -0.267. The van der Waals surface area contributed by atoms with Crippen molar-refractivity contribution < 1.29 is 19.9 Å². The first-order valence-corrected chi connectivity index (χ1v) is 10.9. The van der Waals surface area contributed by atoms with Gasteiger partial charge in [0.2, 0.25) is 0 Å². The molecule has 0 radical (unpaired) electrons. The van der Waals surface area contributed by atoms with E-state index in [1.54, 1.807) is 0 Å². The van der Waals surface area contributed by atoms with Crippen LogP contribution in [0.2, 0.25) is 0 Å². The lowest BCUT2D eigenvalue weighted by Gasteiger charge is -2.51. The molecule has 166 valence electrons. The van der Waals surface area contributed by atoms with Crippen LogP contribution in [0.15, 0.2) is 0 Å². The molecule has 6 heteroatoms. The Hall–Kier alpha value is -0.240. The molecular formula is C22H44N2O4. The lowest BCUT2D eigenvalue weighted by atomic mass is 9.80. The number of hydrogen-bond acceptors (Lipinski definition) is 6. The molecule has 2 heterocycles. The van der Waals surface area contributed by atoms with E-state index in [1.807, 2.05) is 0 Å². The van der Waals surface area contributed by atoms with Crippen molar-refractivity contribution in [2.75, 3.05) is 13.2 Å². The molecule has 0 amide bonds. The fourth-order valence-electron chi connectivity index (χ4n) is 5.30. The van der Waals surface area contributed by atoms with Gasteiger partial charge in [0.15, 0.2) is 0 Å². The number of unbranched alkanes of at least 4 members (excludes halogenated alkanes) is 1. The number of nitrogens with zero attached hydrogens (tertiary/aromatic N) is 2. The molecule has 0 atom stereocenters. The van der Waals surface area contributed by atoms with Crippen molar-refractivity contribution in [2.45, 2.75) is 128 Å². The average Bonchev–Trinajstić information content (AvgIpc) is 2.52. The Morgan fingerprint density at radius 3 is 1.11 bits per heavy atom. The molecular weight excluding hydrogens is 356 g/mol. The van der Waals surface area contributed by atoms with E-state index in [-0.39, 0.29) is 34.4 Å². The van der Waals surface area contributed by atoms with E-state index in [0.717, 1.165) is 51.7 Å². The van der Waals surface area contributed by atoms with Gasteiger partial charge in [-0.15, -0.1) is 0 Å². The molecule has 2 aliphatic rings. The van der Waals surface area contributed by atoms with Crippen LogP contribution in [0.5, 0.6) is 0 Å². The summed E-state index contributed by atoms with van der Waals surface area (Å²) in [6.45, 7) is 18.0. The molecule has 2 aliphatic heterocycles. The van der Waals surface area contributed by atoms with Crippen molar-refractivity contribution in [3.05, 3.63) is 0 Å². The predicted molar refractivity (Wildman–Crippen MR) is 111 cm³/mol. The zero-order valence-corrected chi connectivity index (χ0v) is 19.4. The summed E-state index contributed by atoms with van der Waals surface area (Å²) in [5.74, 6) is 0. The summed E-state index contributed by atoms with van der Waals surface area (Å²) < 4.78 is 12.3. The van der Waals surface area contributed by atoms with Crippen LogP contribution in [0.3, 0.4) is 0 Å². The van der Waals surface area contributed by atoms with Gasteiger partial charge in [-0.1, -0.05) is 0 Å². The van der Waals surface area contributed by atoms with E-state index in [1.165, 1.54) is 10.1 Å². The summed E-state index contributed by atoms with van der Waals surface area (Å²) in [4.78, 5) is 0. The average molecular weight is 401 g/mol. The summed E-state index contributed by atoms with van der Waals surface area (Å²) in [7, 11) is 0. The van der Waals surface area contributed by atoms with Gasteiger partial charge < -0.3 is 19.9 Å². The van der Waals surface area contributed by atoms with Gasteiger partial charge >= 0.3 is 0 Å². The van der Waals surface area contributed by atoms with Crippen LogP contribution < -0.4 is 0 Å². The van der Waals surface area contributed by atoms with Crippen molar-refractivity contribution >= 4 is 0 Å². The summed E-state index contributed by atoms with van der Waals surface area (Å²) in [6.07, 6.45) is 5.69. The van der Waals surface area contributed by atoms with Crippen molar-refractivity contribution in [2.24, 2.45) is 0 Å². The van der Waals surface area contributed by atoms with E-state index in [4.69, 9.17) is 9.47 Å². The molecule has 0 bridgehead atoms. The Morgan fingerprint density at radius 1 is 0.607 bits per heavy atom. The predicted octanol–water partition coefficient (Wildman–Crippen LogP) is 4.62. The van der Waals surface area contributed by atoms with Crippen molar-refractivity contribution in [3.8, 4) is 0 Å².